The molecular weight excluding hydrogens is 466 g/mol. The van der Waals surface area contributed by atoms with Crippen LogP contribution in [0.5, 0.6) is 0 Å². The van der Waals surface area contributed by atoms with Crippen LogP contribution in [0.25, 0.3) is 0 Å². The summed E-state index contributed by atoms with van der Waals surface area (Å²) in [6.45, 7) is 6.50. The second kappa shape index (κ2) is 31.0. The Morgan fingerprint density at radius 1 is 0.421 bits per heavy atom. The summed E-state index contributed by atoms with van der Waals surface area (Å²) in [4.78, 5) is 11.8. The Morgan fingerprint density at radius 2 is 0.605 bits per heavy atom. The summed E-state index contributed by atoms with van der Waals surface area (Å²) in [5, 5.41) is 11.8. The van der Waals surface area contributed by atoms with Gasteiger partial charge in [0, 0.05) is 11.4 Å². The molecule has 0 aliphatic rings. The zero-order valence-electron chi connectivity index (χ0n) is 27.0. The number of hydrogen-bond acceptors (Lipinski definition) is 2. The molecule has 0 radical (unpaired) electrons. The Hall–Kier alpha value is -0.570. The second-order valence-electron chi connectivity index (χ2n) is 12.5. The van der Waals surface area contributed by atoms with Crippen LogP contribution >= 0.6 is 0 Å². The number of carboxylic acid groups (broad SMARTS) is 1. The van der Waals surface area contributed by atoms with Crippen molar-refractivity contribution in [3.8, 4) is 0 Å². The summed E-state index contributed by atoms with van der Waals surface area (Å²) >= 11 is 0. The number of carbonyl (C=O) groups excluding carboxylic acids is 1. The first-order chi connectivity index (χ1) is 18.1. The summed E-state index contributed by atoms with van der Waals surface area (Å²) in [5.41, 5.74) is -0.617. The predicted molar refractivity (Wildman–Crippen MR) is 169 cm³/mol. The van der Waals surface area contributed by atoms with Gasteiger partial charge in [-0.1, -0.05) is 201 Å². The van der Waals surface area contributed by atoms with Gasteiger partial charge in [0.05, 0.1) is 0 Å². The van der Waals surface area contributed by atoms with Gasteiger partial charge < -0.3 is 16.1 Å². The van der Waals surface area contributed by atoms with Crippen molar-refractivity contribution in [3.05, 3.63) is 0 Å². The highest BCUT2D eigenvalue weighted by atomic mass is 16.4. The van der Waals surface area contributed by atoms with E-state index in [0.717, 1.165) is 25.7 Å². The smallest absolute Gasteiger partial charge is 0.0473 e. The van der Waals surface area contributed by atoms with E-state index in [9.17, 15) is 9.90 Å². The maximum absolute atomic E-state index is 11.8. The van der Waals surface area contributed by atoms with E-state index < -0.39 is 11.4 Å². The summed E-state index contributed by atoms with van der Waals surface area (Å²) < 4.78 is 0. The molecule has 0 aromatic rings. The second-order valence-corrected chi connectivity index (χ2v) is 12.5. The van der Waals surface area contributed by atoms with Gasteiger partial charge in [0.25, 0.3) is 0 Å². The van der Waals surface area contributed by atoms with E-state index in [0.29, 0.717) is 0 Å². The molecule has 38 heavy (non-hydrogen) atoms. The van der Waals surface area contributed by atoms with Crippen LogP contribution in [0.3, 0.4) is 0 Å². The molecule has 3 nitrogen and oxygen atoms in total. The number of aliphatic carboxylic acids is 1. The van der Waals surface area contributed by atoms with Crippen LogP contribution in [0, 0.1) is 5.41 Å². The van der Waals surface area contributed by atoms with Gasteiger partial charge in [-0.2, -0.15) is 0 Å². The first-order valence-electron chi connectivity index (χ1n) is 17.3. The molecule has 0 amide bonds. The summed E-state index contributed by atoms with van der Waals surface area (Å²) in [7, 11) is 0. The van der Waals surface area contributed by atoms with Crippen LogP contribution in [0.15, 0.2) is 0 Å². The number of carbonyl (C=O) groups is 1. The van der Waals surface area contributed by atoms with Gasteiger partial charge in [-0.3, -0.25) is 0 Å². The van der Waals surface area contributed by atoms with Gasteiger partial charge >= 0.3 is 0 Å². The SMILES string of the molecule is CCCCCCCCCCCCCCCCC(C)(CCCCCCCCCCCCCCCC)C(=O)[O-].[NH4+]. The molecule has 0 rings (SSSR count). The Labute approximate surface area is 240 Å². The Morgan fingerprint density at radius 3 is 0.789 bits per heavy atom. The fourth-order valence-electron chi connectivity index (χ4n) is 5.75. The molecule has 0 heterocycles. The molecule has 0 atom stereocenters. The number of rotatable bonds is 31. The molecule has 3 heteroatoms. The lowest BCUT2D eigenvalue weighted by Gasteiger charge is -2.31. The predicted octanol–water partition coefficient (Wildman–Crippen LogP) is 11.9. The van der Waals surface area contributed by atoms with Gasteiger partial charge in [0.1, 0.15) is 0 Å². The maximum Gasteiger partial charge on any atom is 0.0473 e. The molecule has 0 saturated carbocycles. The quantitative estimate of drug-likeness (QED) is 0.0889. The largest absolute Gasteiger partial charge is 0.550 e. The fourth-order valence-corrected chi connectivity index (χ4v) is 5.75. The Kier molecular flexibility index (Phi) is 32.2. The maximum atomic E-state index is 11.8. The Balaban J connectivity index is 0. The minimum atomic E-state index is -0.822. The summed E-state index contributed by atoms with van der Waals surface area (Å²) in [6.07, 6.45) is 39.2. The molecular formula is C35H73NO2. The average molecular weight is 540 g/mol. The molecule has 0 unspecified atom stereocenters. The molecule has 230 valence electrons. The van der Waals surface area contributed by atoms with Crippen LogP contribution in [-0.4, -0.2) is 5.97 Å². The van der Waals surface area contributed by atoms with Gasteiger partial charge in [-0.25, -0.2) is 0 Å². The van der Waals surface area contributed by atoms with Crippen LogP contribution in [0.1, 0.15) is 213 Å². The monoisotopic (exact) mass is 540 g/mol. The van der Waals surface area contributed by atoms with Crippen LogP contribution < -0.4 is 11.3 Å². The highest BCUT2D eigenvalue weighted by Crippen LogP contribution is 2.31. The highest BCUT2D eigenvalue weighted by molar-refractivity contribution is 5.71. The molecule has 0 saturated heterocycles. The fraction of sp³-hybridized carbons (Fsp3) is 0.971. The normalized spacial score (nSPS) is 11.6. The molecule has 0 aliphatic heterocycles. The van der Waals surface area contributed by atoms with Crippen LogP contribution in [0.4, 0.5) is 0 Å². The number of hydrogen-bond donors (Lipinski definition) is 1. The first kappa shape index (κ1) is 39.6. The molecule has 0 aliphatic carbocycles. The molecule has 4 N–H and O–H groups in total. The van der Waals surface area contributed by atoms with Crippen molar-refractivity contribution in [2.75, 3.05) is 0 Å². The lowest BCUT2D eigenvalue weighted by molar-refractivity contribution is -0.319. The van der Waals surface area contributed by atoms with Gasteiger partial charge in [0.15, 0.2) is 0 Å². The minimum absolute atomic E-state index is 0. The van der Waals surface area contributed by atoms with Crippen molar-refractivity contribution >= 4 is 5.97 Å². The third-order valence-corrected chi connectivity index (χ3v) is 8.66. The van der Waals surface area contributed by atoms with Gasteiger partial charge in [-0.05, 0) is 12.8 Å². The first-order valence-corrected chi connectivity index (χ1v) is 17.3. The van der Waals surface area contributed by atoms with Gasteiger partial charge in [0.2, 0.25) is 0 Å². The molecule has 0 aromatic heterocycles. The van der Waals surface area contributed by atoms with E-state index in [-0.39, 0.29) is 6.15 Å². The summed E-state index contributed by atoms with van der Waals surface area (Å²) in [5.74, 6) is -0.822. The van der Waals surface area contributed by atoms with Crippen molar-refractivity contribution in [1.82, 2.24) is 6.15 Å². The van der Waals surface area contributed by atoms with Crippen molar-refractivity contribution in [1.29, 1.82) is 0 Å². The number of quaternary nitrogens is 1. The molecule has 0 spiro atoms. The van der Waals surface area contributed by atoms with Crippen molar-refractivity contribution < 1.29 is 9.90 Å². The van der Waals surface area contributed by atoms with E-state index in [2.05, 4.69) is 13.8 Å². The molecule has 0 aromatic carbocycles. The summed E-state index contributed by atoms with van der Waals surface area (Å²) in [6, 6.07) is 0. The third-order valence-electron chi connectivity index (χ3n) is 8.66. The van der Waals surface area contributed by atoms with E-state index in [1.54, 1.807) is 0 Å². The zero-order valence-corrected chi connectivity index (χ0v) is 27.0. The zero-order chi connectivity index (χ0) is 27.3. The Bertz CT molecular complexity index is 433. The van der Waals surface area contributed by atoms with Gasteiger partial charge in [-0.15, -0.1) is 0 Å². The molecule has 0 bridgehead atoms. The van der Waals surface area contributed by atoms with E-state index in [1.165, 1.54) is 167 Å². The third kappa shape index (κ3) is 27.0. The number of unbranched alkanes of at least 4 members (excludes halogenated alkanes) is 26. The lowest BCUT2D eigenvalue weighted by Crippen LogP contribution is -2.40. The standard InChI is InChI=1S/C35H70O2.H3N/c1-4-6-8-10-12-14-16-18-20-22-24-26-28-30-32-35(3,34(36)37)33-31-29-27-25-23-21-19-17-15-13-11-9-7-5-2;/h4-33H2,1-3H3,(H,36,37);1H3. The minimum Gasteiger partial charge on any atom is -0.550 e. The highest BCUT2D eigenvalue weighted by Gasteiger charge is 2.24. The number of carboxylic acids is 1. The van der Waals surface area contributed by atoms with Crippen molar-refractivity contribution in [2.24, 2.45) is 5.41 Å². The van der Waals surface area contributed by atoms with E-state index in [4.69, 9.17) is 0 Å². The molecule has 0 fully saturated rings. The van der Waals surface area contributed by atoms with Crippen molar-refractivity contribution in [3.63, 3.8) is 0 Å². The topological polar surface area (TPSA) is 76.6 Å². The van der Waals surface area contributed by atoms with Crippen LogP contribution in [0.2, 0.25) is 0 Å². The average Bonchev–Trinajstić information content (AvgIpc) is 2.89. The van der Waals surface area contributed by atoms with Crippen molar-refractivity contribution in [2.45, 2.75) is 213 Å². The van der Waals surface area contributed by atoms with E-state index in [1.807, 2.05) is 6.92 Å². The lowest BCUT2D eigenvalue weighted by atomic mass is 9.80. The van der Waals surface area contributed by atoms with Crippen LogP contribution in [-0.2, 0) is 4.79 Å². The van der Waals surface area contributed by atoms with E-state index >= 15 is 0 Å².